The standard InChI is InChI=1S/C17H18ClN3O2/c1-10-2-5-12(6-15(10)18)21-16(11-3-4-11)14(7-19-21)17(23)20-8-13(22)9-20/h2,5-7,11,13,22H,3-4,8-9H2,1H3. The fourth-order valence-electron chi connectivity index (χ4n) is 2.98. The summed E-state index contributed by atoms with van der Waals surface area (Å²) in [5.41, 5.74) is 3.51. The second-order valence-electron chi connectivity index (χ2n) is 6.43. The lowest BCUT2D eigenvalue weighted by Crippen LogP contribution is -2.53. The molecule has 1 aromatic heterocycles. The van der Waals surface area contributed by atoms with Crippen LogP contribution >= 0.6 is 11.6 Å². The highest BCUT2D eigenvalue weighted by molar-refractivity contribution is 6.31. The number of rotatable bonds is 3. The maximum absolute atomic E-state index is 12.6. The third-order valence-corrected chi connectivity index (χ3v) is 4.96. The lowest BCUT2D eigenvalue weighted by atomic mass is 10.1. The third-order valence-electron chi connectivity index (χ3n) is 4.55. The van der Waals surface area contributed by atoms with Crippen LogP contribution in [0.3, 0.4) is 0 Å². The minimum Gasteiger partial charge on any atom is -0.389 e. The molecule has 1 N–H and O–H groups in total. The average molecular weight is 332 g/mol. The molecule has 1 aromatic carbocycles. The van der Waals surface area contributed by atoms with Gasteiger partial charge in [-0.2, -0.15) is 5.10 Å². The molecule has 2 aliphatic rings. The highest BCUT2D eigenvalue weighted by atomic mass is 35.5. The zero-order chi connectivity index (χ0) is 16.1. The van der Waals surface area contributed by atoms with Crippen LogP contribution in [0.15, 0.2) is 24.4 Å². The molecule has 2 fully saturated rings. The zero-order valence-electron chi connectivity index (χ0n) is 12.9. The average Bonchev–Trinajstić information content (AvgIpc) is 3.25. The summed E-state index contributed by atoms with van der Waals surface area (Å²) < 4.78 is 1.84. The van der Waals surface area contributed by atoms with E-state index in [4.69, 9.17) is 11.6 Å². The largest absolute Gasteiger partial charge is 0.389 e. The van der Waals surface area contributed by atoms with Crippen molar-refractivity contribution in [1.82, 2.24) is 14.7 Å². The molecule has 1 saturated carbocycles. The lowest BCUT2D eigenvalue weighted by molar-refractivity contribution is 0.00581. The van der Waals surface area contributed by atoms with Gasteiger partial charge in [-0.05, 0) is 37.5 Å². The van der Waals surface area contributed by atoms with E-state index in [2.05, 4.69) is 5.10 Å². The second kappa shape index (κ2) is 5.35. The predicted molar refractivity (Wildman–Crippen MR) is 87.2 cm³/mol. The first-order chi connectivity index (χ1) is 11.0. The van der Waals surface area contributed by atoms with E-state index in [1.807, 2.05) is 29.8 Å². The SMILES string of the molecule is Cc1ccc(-n2ncc(C(=O)N3CC(O)C3)c2C2CC2)cc1Cl. The molecule has 0 spiro atoms. The van der Waals surface area contributed by atoms with Gasteiger partial charge in [-0.1, -0.05) is 17.7 Å². The van der Waals surface area contributed by atoms with Crippen molar-refractivity contribution in [3.05, 3.63) is 46.2 Å². The molecular formula is C17H18ClN3O2. The van der Waals surface area contributed by atoms with Gasteiger partial charge in [0.1, 0.15) is 0 Å². The van der Waals surface area contributed by atoms with Crippen LogP contribution in [0.1, 0.15) is 40.4 Å². The number of aliphatic hydroxyl groups is 1. The van der Waals surface area contributed by atoms with Crippen molar-refractivity contribution in [2.24, 2.45) is 0 Å². The molecule has 6 heteroatoms. The Balaban J connectivity index is 1.73. The Hall–Kier alpha value is -1.85. The summed E-state index contributed by atoms with van der Waals surface area (Å²) >= 11 is 6.23. The Morgan fingerprint density at radius 2 is 2.09 bits per heavy atom. The summed E-state index contributed by atoms with van der Waals surface area (Å²) in [4.78, 5) is 14.3. The Morgan fingerprint density at radius 1 is 1.35 bits per heavy atom. The number of carbonyl (C=O) groups excluding carboxylic acids is 1. The first-order valence-corrected chi connectivity index (χ1v) is 8.24. The Labute approximate surface area is 139 Å². The number of aromatic nitrogens is 2. The van der Waals surface area contributed by atoms with Gasteiger partial charge in [0.25, 0.3) is 5.91 Å². The minimum absolute atomic E-state index is 0.0401. The van der Waals surface area contributed by atoms with Crippen molar-refractivity contribution in [2.75, 3.05) is 13.1 Å². The first-order valence-electron chi connectivity index (χ1n) is 7.86. The van der Waals surface area contributed by atoms with Gasteiger partial charge in [0.05, 0.1) is 29.2 Å². The van der Waals surface area contributed by atoms with E-state index in [1.165, 1.54) is 0 Å². The van der Waals surface area contributed by atoms with Gasteiger partial charge in [0.15, 0.2) is 0 Å². The van der Waals surface area contributed by atoms with E-state index < -0.39 is 6.10 Å². The number of carbonyl (C=O) groups is 1. The van der Waals surface area contributed by atoms with Crippen molar-refractivity contribution < 1.29 is 9.90 Å². The van der Waals surface area contributed by atoms with Crippen LogP contribution in [0.2, 0.25) is 5.02 Å². The van der Waals surface area contributed by atoms with Crippen LogP contribution in [0.4, 0.5) is 0 Å². The molecule has 2 heterocycles. The highest BCUT2D eigenvalue weighted by Gasteiger charge is 2.37. The quantitative estimate of drug-likeness (QED) is 0.940. The maximum atomic E-state index is 12.6. The van der Waals surface area contributed by atoms with Crippen LogP contribution in [0.5, 0.6) is 0 Å². The van der Waals surface area contributed by atoms with Gasteiger partial charge in [0, 0.05) is 24.0 Å². The smallest absolute Gasteiger partial charge is 0.257 e. The van der Waals surface area contributed by atoms with Gasteiger partial charge in [-0.15, -0.1) is 0 Å². The normalized spacial score (nSPS) is 18.1. The summed E-state index contributed by atoms with van der Waals surface area (Å²) in [6, 6.07) is 5.82. The molecular weight excluding hydrogens is 314 g/mol. The molecule has 1 aliphatic carbocycles. The van der Waals surface area contributed by atoms with Crippen LogP contribution in [-0.2, 0) is 0 Å². The molecule has 23 heavy (non-hydrogen) atoms. The number of hydrogen-bond donors (Lipinski definition) is 1. The molecule has 0 unspecified atom stereocenters. The summed E-state index contributed by atoms with van der Waals surface area (Å²) in [6.07, 6.45) is 3.41. The molecule has 4 rings (SSSR count). The highest BCUT2D eigenvalue weighted by Crippen LogP contribution is 2.43. The Morgan fingerprint density at radius 3 is 2.70 bits per heavy atom. The third kappa shape index (κ3) is 2.54. The van der Waals surface area contributed by atoms with Crippen LogP contribution in [0, 0.1) is 6.92 Å². The Bertz CT molecular complexity index is 776. The predicted octanol–water partition coefficient (Wildman–Crippen LogP) is 2.53. The zero-order valence-corrected chi connectivity index (χ0v) is 13.6. The van der Waals surface area contributed by atoms with Crippen molar-refractivity contribution in [3.8, 4) is 5.69 Å². The van der Waals surface area contributed by atoms with E-state index in [0.29, 0.717) is 29.6 Å². The van der Waals surface area contributed by atoms with Gasteiger partial charge < -0.3 is 10.0 Å². The number of aryl methyl sites for hydroxylation is 1. The van der Waals surface area contributed by atoms with E-state index >= 15 is 0 Å². The van der Waals surface area contributed by atoms with E-state index in [-0.39, 0.29) is 5.91 Å². The van der Waals surface area contributed by atoms with Gasteiger partial charge >= 0.3 is 0 Å². The maximum Gasteiger partial charge on any atom is 0.257 e. The summed E-state index contributed by atoms with van der Waals surface area (Å²) in [7, 11) is 0. The van der Waals surface area contributed by atoms with Crippen LogP contribution < -0.4 is 0 Å². The summed E-state index contributed by atoms with van der Waals surface area (Å²) in [6.45, 7) is 2.77. The number of nitrogens with zero attached hydrogens (tertiary/aromatic N) is 3. The molecule has 0 atom stereocenters. The second-order valence-corrected chi connectivity index (χ2v) is 6.83. The topological polar surface area (TPSA) is 58.4 Å². The van der Waals surface area contributed by atoms with Crippen molar-refractivity contribution in [3.63, 3.8) is 0 Å². The molecule has 5 nitrogen and oxygen atoms in total. The van der Waals surface area contributed by atoms with Crippen molar-refractivity contribution in [1.29, 1.82) is 0 Å². The number of benzene rings is 1. The number of hydrogen-bond acceptors (Lipinski definition) is 3. The fourth-order valence-corrected chi connectivity index (χ4v) is 3.16. The molecule has 2 aromatic rings. The molecule has 0 bridgehead atoms. The van der Waals surface area contributed by atoms with Crippen molar-refractivity contribution >= 4 is 17.5 Å². The number of likely N-dealkylation sites (tertiary alicyclic amines) is 1. The lowest BCUT2D eigenvalue weighted by Gasteiger charge is -2.35. The molecule has 1 saturated heterocycles. The summed E-state index contributed by atoms with van der Waals surface area (Å²) in [5, 5.41) is 14.6. The number of halogens is 1. The first kappa shape index (κ1) is 14.7. The molecule has 1 aliphatic heterocycles. The minimum atomic E-state index is -0.394. The van der Waals surface area contributed by atoms with E-state index in [1.54, 1.807) is 11.1 Å². The number of aliphatic hydroxyl groups excluding tert-OH is 1. The Kier molecular flexibility index (Phi) is 3.43. The van der Waals surface area contributed by atoms with Crippen molar-refractivity contribution in [2.45, 2.75) is 31.8 Å². The summed E-state index contributed by atoms with van der Waals surface area (Å²) in [5.74, 6) is 0.337. The van der Waals surface area contributed by atoms with Crippen LogP contribution in [-0.4, -0.2) is 44.9 Å². The monoisotopic (exact) mass is 331 g/mol. The number of amides is 1. The van der Waals surface area contributed by atoms with Crippen LogP contribution in [0.25, 0.3) is 5.69 Å². The molecule has 120 valence electrons. The van der Waals surface area contributed by atoms with E-state index in [0.717, 1.165) is 29.8 Å². The molecule has 0 radical (unpaired) electrons. The number of β-amino-alcohol motifs (C(OH)–C–C–N with tert-alkyl or cyclic N) is 1. The van der Waals surface area contributed by atoms with Gasteiger partial charge in [0.2, 0.25) is 0 Å². The fraction of sp³-hybridized carbons (Fsp3) is 0.412. The van der Waals surface area contributed by atoms with E-state index in [9.17, 15) is 9.90 Å². The van der Waals surface area contributed by atoms with Gasteiger partial charge in [-0.3, -0.25) is 4.79 Å². The van der Waals surface area contributed by atoms with Gasteiger partial charge in [-0.25, -0.2) is 4.68 Å². The molecule has 1 amide bonds.